The van der Waals surface area contributed by atoms with Crippen LogP contribution in [0, 0.1) is 13.8 Å². The molecule has 0 spiro atoms. The molecule has 3 aromatic carbocycles. The highest BCUT2D eigenvalue weighted by molar-refractivity contribution is 6.12. The smallest absolute Gasteiger partial charge is 0.339 e. The number of para-hydroxylation sites is 2. The van der Waals surface area contributed by atoms with Gasteiger partial charge in [0, 0.05) is 18.4 Å². The average molecular weight is 416 g/mol. The number of hydrogen-bond acceptors (Lipinski definition) is 4. The number of carbonyl (C=O) groups excluding carboxylic acids is 3. The summed E-state index contributed by atoms with van der Waals surface area (Å²) in [7, 11) is 1.64. The summed E-state index contributed by atoms with van der Waals surface area (Å²) in [5, 5.41) is 2.77. The fraction of sp³-hybridized carbons (Fsp3) is 0.160. The number of esters is 1. The van der Waals surface area contributed by atoms with Crippen LogP contribution in [-0.2, 0) is 9.53 Å². The van der Waals surface area contributed by atoms with E-state index in [-0.39, 0.29) is 17.0 Å². The lowest BCUT2D eigenvalue weighted by molar-refractivity contribution is -0.119. The second-order valence-electron chi connectivity index (χ2n) is 7.14. The number of hydrogen-bond donors (Lipinski definition) is 1. The Morgan fingerprint density at radius 1 is 0.806 bits per heavy atom. The minimum Gasteiger partial charge on any atom is -0.452 e. The molecule has 2 amide bonds. The third-order valence-corrected chi connectivity index (χ3v) is 4.91. The number of benzene rings is 3. The fourth-order valence-corrected chi connectivity index (χ4v) is 3.19. The maximum atomic E-state index is 13.0. The maximum Gasteiger partial charge on any atom is 0.339 e. The molecule has 0 radical (unpaired) electrons. The highest BCUT2D eigenvalue weighted by atomic mass is 16.5. The van der Waals surface area contributed by atoms with Gasteiger partial charge in [-0.15, -0.1) is 0 Å². The Morgan fingerprint density at radius 2 is 1.39 bits per heavy atom. The Balaban J connectivity index is 1.70. The van der Waals surface area contributed by atoms with Crippen LogP contribution >= 0.6 is 0 Å². The summed E-state index contributed by atoms with van der Waals surface area (Å²) in [6.07, 6.45) is 0. The lowest BCUT2D eigenvalue weighted by Crippen LogP contribution is -2.28. The van der Waals surface area contributed by atoms with Crippen molar-refractivity contribution >= 4 is 29.2 Å². The van der Waals surface area contributed by atoms with Crippen molar-refractivity contribution in [3.63, 3.8) is 0 Å². The molecule has 6 nitrogen and oxygen atoms in total. The molecule has 31 heavy (non-hydrogen) atoms. The van der Waals surface area contributed by atoms with Gasteiger partial charge in [0.2, 0.25) is 0 Å². The van der Waals surface area contributed by atoms with E-state index >= 15 is 0 Å². The zero-order valence-corrected chi connectivity index (χ0v) is 17.7. The standard InChI is InChI=1S/C25H24N2O4/c1-17-10-9-11-18(2)23(17)26-22(28)16-31-25(30)21-15-8-7-14-20(21)24(29)27(3)19-12-5-4-6-13-19/h4-15H,16H2,1-3H3,(H,26,28). The zero-order chi connectivity index (χ0) is 22.4. The van der Waals surface area contributed by atoms with Gasteiger partial charge in [0.25, 0.3) is 11.8 Å². The van der Waals surface area contributed by atoms with E-state index in [1.54, 1.807) is 37.4 Å². The third-order valence-electron chi connectivity index (χ3n) is 4.91. The number of rotatable bonds is 6. The zero-order valence-electron chi connectivity index (χ0n) is 17.7. The van der Waals surface area contributed by atoms with Gasteiger partial charge in [0.05, 0.1) is 11.1 Å². The predicted octanol–water partition coefficient (Wildman–Crippen LogP) is 4.38. The molecule has 0 fully saturated rings. The van der Waals surface area contributed by atoms with Gasteiger partial charge in [0.15, 0.2) is 6.61 Å². The summed E-state index contributed by atoms with van der Waals surface area (Å²) in [6, 6.07) is 21.2. The van der Waals surface area contributed by atoms with E-state index < -0.39 is 18.5 Å². The van der Waals surface area contributed by atoms with Crippen LogP contribution in [0.25, 0.3) is 0 Å². The van der Waals surface area contributed by atoms with Crippen molar-refractivity contribution in [3.05, 3.63) is 95.1 Å². The van der Waals surface area contributed by atoms with Crippen molar-refractivity contribution in [3.8, 4) is 0 Å². The minimum absolute atomic E-state index is 0.107. The Bertz CT molecular complexity index is 1090. The Hall–Kier alpha value is -3.93. The van der Waals surface area contributed by atoms with Crippen molar-refractivity contribution in [1.29, 1.82) is 0 Å². The summed E-state index contributed by atoms with van der Waals surface area (Å²) in [5.74, 6) is -1.53. The largest absolute Gasteiger partial charge is 0.452 e. The van der Waals surface area contributed by atoms with E-state index in [1.807, 2.05) is 50.2 Å². The summed E-state index contributed by atoms with van der Waals surface area (Å²) >= 11 is 0. The summed E-state index contributed by atoms with van der Waals surface area (Å²) in [6.45, 7) is 3.32. The van der Waals surface area contributed by atoms with Crippen LogP contribution in [0.3, 0.4) is 0 Å². The molecule has 6 heteroatoms. The summed E-state index contributed by atoms with van der Waals surface area (Å²) < 4.78 is 5.20. The summed E-state index contributed by atoms with van der Waals surface area (Å²) in [5.41, 5.74) is 3.54. The minimum atomic E-state index is -0.734. The number of ether oxygens (including phenoxy) is 1. The van der Waals surface area contributed by atoms with Gasteiger partial charge in [-0.25, -0.2) is 4.79 Å². The Labute approximate surface area is 181 Å². The van der Waals surface area contributed by atoms with E-state index in [4.69, 9.17) is 4.74 Å². The van der Waals surface area contributed by atoms with Crippen LogP contribution < -0.4 is 10.2 Å². The van der Waals surface area contributed by atoms with Crippen molar-refractivity contribution in [2.45, 2.75) is 13.8 Å². The van der Waals surface area contributed by atoms with Gasteiger partial charge in [-0.3, -0.25) is 9.59 Å². The van der Waals surface area contributed by atoms with E-state index in [0.29, 0.717) is 11.4 Å². The monoisotopic (exact) mass is 416 g/mol. The molecule has 3 aromatic rings. The first-order valence-corrected chi connectivity index (χ1v) is 9.84. The van der Waals surface area contributed by atoms with Crippen molar-refractivity contribution in [1.82, 2.24) is 0 Å². The van der Waals surface area contributed by atoms with Gasteiger partial charge < -0.3 is 15.0 Å². The molecular weight excluding hydrogens is 392 g/mol. The number of carbonyl (C=O) groups is 3. The number of amides is 2. The second kappa shape index (κ2) is 9.71. The molecule has 1 N–H and O–H groups in total. The van der Waals surface area contributed by atoms with E-state index in [2.05, 4.69) is 5.32 Å². The highest BCUT2D eigenvalue weighted by Gasteiger charge is 2.22. The molecular formula is C25H24N2O4. The topological polar surface area (TPSA) is 75.7 Å². The van der Waals surface area contributed by atoms with E-state index in [9.17, 15) is 14.4 Å². The van der Waals surface area contributed by atoms with Crippen LogP contribution in [-0.4, -0.2) is 31.4 Å². The lowest BCUT2D eigenvalue weighted by atomic mass is 10.1. The number of aryl methyl sites for hydroxylation is 2. The van der Waals surface area contributed by atoms with Crippen LogP contribution in [0.5, 0.6) is 0 Å². The molecule has 0 aliphatic rings. The van der Waals surface area contributed by atoms with Crippen molar-refractivity contribution in [2.75, 3.05) is 23.9 Å². The van der Waals surface area contributed by atoms with Crippen LogP contribution in [0.4, 0.5) is 11.4 Å². The average Bonchev–Trinajstić information content (AvgIpc) is 2.79. The van der Waals surface area contributed by atoms with Crippen LogP contribution in [0.15, 0.2) is 72.8 Å². The van der Waals surface area contributed by atoms with Gasteiger partial charge in [-0.05, 0) is 49.2 Å². The molecule has 0 aliphatic carbocycles. The molecule has 0 heterocycles. The third kappa shape index (κ3) is 5.17. The first-order chi connectivity index (χ1) is 14.9. The first-order valence-electron chi connectivity index (χ1n) is 9.84. The first kappa shape index (κ1) is 21.8. The van der Waals surface area contributed by atoms with E-state index in [0.717, 1.165) is 11.1 Å². The molecule has 0 saturated heterocycles. The second-order valence-corrected chi connectivity index (χ2v) is 7.14. The Kier molecular flexibility index (Phi) is 6.82. The lowest BCUT2D eigenvalue weighted by Gasteiger charge is -2.19. The maximum absolute atomic E-state index is 13.0. The fourth-order valence-electron chi connectivity index (χ4n) is 3.19. The van der Waals surface area contributed by atoms with Gasteiger partial charge >= 0.3 is 5.97 Å². The van der Waals surface area contributed by atoms with Gasteiger partial charge in [-0.1, -0.05) is 48.5 Å². The van der Waals surface area contributed by atoms with E-state index in [1.165, 1.54) is 11.0 Å². The Morgan fingerprint density at radius 3 is 2.03 bits per heavy atom. The molecule has 0 unspecified atom stereocenters. The van der Waals surface area contributed by atoms with Crippen LogP contribution in [0.1, 0.15) is 31.8 Å². The molecule has 0 aromatic heterocycles. The molecule has 0 bridgehead atoms. The molecule has 0 aliphatic heterocycles. The van der Waals surface area contributed by atoms with Crippen molar-refractivity contribution in [2.24, 2.45) is 0 Å². The van der Waals surface area contributed by atoms with Crippen LogP contribution in [0.2, 0.25) is 0 Å². The molecule has 0 atom stereocenters. The van der Waals surface area contributed by atoms with Crippen molar-refractivity contribution < 1.29 is 19.1 Å². The summed E-state index contributed by atoms with van der Waals surface area (Å²) in [4.78, 5) is 39.4. The van der Waals surface area contributed by atoms with Gasteiger partial charge in [-0.2, -0.15) is 0 Å². The molecule has 3 rings (SSSR count). The number of anilines is 2. The molecule has 0 saturated carbocycles. The SMILES string of the molecule is Cc1cccc(C)c1NC(=O)COC(=O)c1ccccc1C(=O)N(C)c1ccccc1. The quantitative estimate of drug-likeness (QED) is 0.605. The molecule has 158 valence electrons. The number of nitrogens with one attached hydrogen (secondary N) is 1. The highest BCUT2D eigenvalue weighted by Crippen LogP contribution is 2.20. The predicted molar refractivity (Wildman–Crippen MR) is 120 cm³/mol. The number of nitrogens with zero attached hydrogens (tertiary/aromatic N) is 1. The van der Waals surface area contributed by atoms with Gasteiger partial charge in [0.1, 0.15) is 0 Å². The normalized spacial score (nSPS) is 10.3.